The Kier molecular flexibility index (Phi) is 4.99. The number of nitrogens with one attached hydrogen (secondary N) is 1. The van der Waals surface area contributed by atoms with Crippen LogP contribution >= 0.6 is 0 Å². The molecule has 29 heavy (non-hydrogen) atoms. The molecule has 0 bridgehead atoms. The zero-order valence-electron chi connectivity index (χ0n) is 16.1. The molecule has 0 saturated heterocycles. The van der Waals surface area contributed by atoms with Crippen molar-refractivity contribution in [3.05, 3.63) is 60.0 Å². The van der Waals surface area contributed by atoms with E-state index in [1.807, 2.05) is 19.1 Å². The van der Waals surface area contributed by atoms with Gasteiger partial charge in [-0.25, -0.2) is 0 Å². The Bertz CT molecular complexity index is 1050. The molecule has 1 aliphatic rings. The lowest BCUT2D eigenvalue weighted by Crippen LogP contribution is -2.38. The Balaban J connectivity index is 1.54. The van der Waals surface area contributed by atoms with Crippen LogP contribution in [-0.4, -0.2) is 35.1 Å². The average Bonchev–Trinajstić information content (AvgIpc) is 3.24. The molecule has 1 atom stereocenters. The minimum atomic E-state index is -0.460. The number of fused-ring (bicyclic) bond motifs is 1. The van der Waals surface area contributed by atoms with Gasteiger partial charge in [0, 0.05) is 17.7 Å². The van der Waals surface area contributed by atoms with Crippen LogP contribution in [0.4, 0.5) is 5.69 Å². The highest BCUT2D eigenvalue weighted by molar-refractivity contribution is 5.98. The van der Waals surface area contributed by atoms with Gasteiger partial charge in [0.2, 0.25) is 11.7 Å². The van der Waals surface area contributed by atoms with Gasteiger partial charge in [0.15, 0.2) is 6.61 Å². The molecule has 2 aromatic carbocycles. The van der Waals surface area contributed by atoms with E-state index in [-0.39, 0.29) is 18.4 Å². The Hall–Kier alpha value is -3.68. The second-order valence-electron chi connectivity index (χ2n) is 6.63. The Morgan fingerprint density at radius 1 is 1.24 bits per heavy atom. The third kappa shape index (κ3) is 3.69. The number of hydrogen-bond donors (Lipinski definition) is 1. The van der Waals surface area contributed by atoms with Crippen molar-refractivity contribution in [1.82, 2.24) is 15.5 Å². The third-order valence-corrected chi connectivity index (χ3v) is 4.67. The fraction of sp³-hybridized carbons (Fsp3) is 0.238. The van der Waals surface area contributed by atoms with Gasteiger partial charge in [-0.2, -0.15) is 4.98 Å². The molecule has 0 unspecified atom stereocenters. The van der Waals surface area contributed by atoms with E-state index in [0.717, 1.165) is 0 Å². The van der Waals surface area contributed by atoms with Gasteiger partial charge < -0.3 is 19.5 Å². The lowest BCUT2D eigenvalue weighted by atomic mass is 10.1. The number of likely N-dealkylation sites (N-methyl/N-ethyl adjacent to an activating group) is 1. The molecule has 8 nitrogen and oxygen atoms in total. The second kappa shape index (κ2) is 7.75. The van der Waals surface area contributed by atoms with Gasteiger partial charge in [-0.1, -0.05) is 23.4 Å². The van der Waals surface area contributed by atoms with Crippen molar-refractivity contribution in [3.63, 3.8) is 0 Å². The minimum absolute atomic E-state index is 0.0329. The van der Waals surface area contributed by atoms with E-state index in [2.05, 4.69) is 15.5 Å². The van der Waals surface area contributed by atoms with E-state index < -0.39 is 6.04 Å². The van der Waals surface area contributed by atoms with Crippen LogP contribution in [0.25, 0.3) is 11.4 Å². The summed E-state index contributed by atoms with van der Waals surface area (Å²) in [6.45, 7) is 4.25. The number of ether oxygens (including phenoxy) is 1. The maximum atomic E-state index is 12.3. The first-order valence-corrected chi connectivity index (χ1v) is 9.34. The van der Waals surface area contributed by atoms with Gasteiger partial charge >= 0.3 is 0 Å². The predicted molar refractivity (Wildman–Crippen MR) is 106 cm³/mol. The molecule has 1 N–H and O–H groups in total. The van der Waals surface area contributed by atoms with Crippen molar-refractivity contribution in [1.29, 1.82) is 0 Å². The van der Waals surface area contributed by atoms with Gasteiger partial charge in [0.05, 0.1) is 5.69 Å². The summed E-state index contributed by atoms with van der Waals surface area (Å²) in [7, 11) is 0. The van der Waals surface area contributed by atoms with Gasteiger partial charge in [-0.05, 0) is 44.2 Å². The Morgan fingerprint density at radius 2 is 2.03 bits per heavy atom. The van der Waals surface area contributed by atoms with E-state index in [4.69, 9.17) is 9.26 Å². The molecule has 0 spiro atoms. The van der Waals surface area contributed by atoms with Crippen molar-refractivity contribution in [3.8, 4) is 17.1 Å². The van der Waals surface area contributed by atoms with Crippen molar-refractivity contribution in [2.24, 2.45) is 0 Å². The number of carbonyl (C=O) groups excluding carboxylic acids is 2. The molecule has 3 aromatic rings. The molecule has 2 heterocycles. The van der Waals surface area contributed by atoms with Gasteiger partial charge in [0.1, 0.15) is 11.8 Å². The lowest BCUT2D eigenvalue weighted by Gasteiger charge is -2.28. The molecular weight excluding hydrogens is 372 g/mol. The number of hydrogen-bond acceptors (Lipinski definition) is 6. The highest BCUT2D eigenvalue weighted by atomic mass is 16.5. The fourth-order valence-corrected chi connectivity index (χ4v) is 3.15. The van der Waals surface area contributed by atoms with Crippen LogP contribution in [-0.2, 0) is 4.79 Å². The van der Waals surface area contributed by atoms with Crippen LogP contribution < -0.4 is 15.0 Å². The summed E-state index contributed by atoms with van der Waals surface area (Å²) in [5, 5.41) is 6.87. The van der Waals surface area contributed by atoms with E-state index >= 15 is 0 Å². The lowest BCUT2D eigenvalue weighted by molar-refractivity contribution is -0.121. The summed E-state index contributed by atoms with van der Waals surface area (Å²) in [6.07, 6.45) is 0. The van der Waals surface area contributed by atoms with Crippen molar-refractivity contribution < 1.29 is 18.8 Å². The van der Waals surface area contributed by atoms with Crippen molar-refractivity contribution in [2.45, 2.75) is 19.9 Å². The summed E-state index contributed by atoms with van der Waals surface area (Å²) in [4.78, 5) is 30.4. The second-order valence-corrected chi connectivity index (χ2v) is 6.63. The molecular formula is C21H20N4O4. The average molecular weight is 392 g/mol. The summed E-state index contributed by atoms with van der Waals surface area (Å²) in [5.41, 5.74) is 1.92. The number of amides is 2. The van der Waals surface area contributed by atoms with E-state index in [1.54, 1.807) is 48.2 Å². The van der Waals surface area contributed by atoms with Crippen LogP contribution in [0, 0.1) is 0 Å². The molecule has 1 aromatic heterocycles. The summed E-state index contributed by atoms with van der Waals surface area (Å²) in [6, 6.07) is 13.9. The van der Waals surface area contributed by atoms with Crippen LogP contribution in [0.5, 0.6) is 5.75 Å². The first-order chi connectivity index (χ1) is 14.1. The first-order valence-electron chi connectivity index (χ1n) is 9.34. The Labute approximate surface area is 167 Å². The number of aromatic nitrogens is 2. The largest absolute Gasteiger partial charge is 0.482 e. The predicted octanol–water partition coefficient (Wildman–Crippen LogP) is 2.97. The van der Waals surface area contributed by atoms with Crippen LogP contribution in [0.15, 0.2) is 53.1 Å². The summed E-state index contributed by atoms with van der Waals surface area (Å²) < 4.78 is 10.8. The first kappa shape index (κ1) is 18.7. The standard InChI is InChI=1S/C21H20N4O4/c1-3-25-16-11-15(9-10-17(16)28-12-18(25)26)19-23-21(29-24-19)13(2)22-20(27)14-7-5-4-6-8-14/h4-11,13H,3,12H2,1-2H3,(H,22,27)/t13-/m0/s1. The molecule has 0 radical (unpaired) electrons. The molecule has 0 fully saturated rings. The van der Waals surface area contributed by atoms with Crippen molar-refractivity contribution in [2.75, 3.05) is 18.1 Å². The molecule has 2 amide bonds. The number of nitrogens with zero attached hydrogens (tertiary/aromatic N) is 3. The number of rotatable bonds is 5. The summed E-state index contributed by atoms with van der Waals surface area (Å²) in [5.74, 6) is 0.992. The summed E-state index contributed by atoms with van der Waals surface area (Å²) >= 11 is 0. The molecule has 4 rings (SSSR count). The van der Waals surface area contributed by atoms with E-state index in [9.17, 15) is 9.59 Å². The number of anilines is 1. The third-order valence-electron chi connectivity index (χ3n) is 4.67. The molecule has 0 aliphatic carbocycles. The maximum absolute atomic E-state index is 12.3. The van der Waals surface area contributed by atoms with Crippen LogP contribution in [0.2, 0.25) is 0 Å². The van der Waals surface area contributed by atoms with Gasteiger partial charge in [-0.15, -0.1) is 0 Å². The minimum Gasteiger partial charge on any atom is -0.482 e. The molecule has 8 heteroatoms. The van der Waals surface area contributed by atoms with Gasteiger partial charge in [-0.3, -0.25) is 9.59 Å². The normalized spacial score (nSPS) is 14.1. The fourth-order valence-electron chi connectivity index (χ4n) is 3.15. The SMILES string of the molecule is CCN1C(=O)COc2ccc(-c3noc([C@H](C)NC(=O)c4ccccc4)n3)cc21. The smallest absolute Gasteiger partial charge is 0.265 e. The zero-order chi connectivity index (χ0) is 20.4. The van der Waals surface area contributed by atoms with Crippen molar-refractivity contribution >= 4 is 17.5 Å². The van der Waals surface area contributed by atoms with E-state index in [0.29, 0.717) is 40.8 Å². The monoisotopic (exact) mass is 392 g/mol. The highest BCUT2D eigenvalue weighted by Crippen LogP contribution is 2.35. The quantitative estimate of drug-likeness (QED) is 0.717. The van der Waals surface area contributed by atoms with Gasteiger partial charge in [0.25, 0.3) is 11.8 Å². The number of benzene rings is 2. The zero-order valence-corrected chi connectivity index (χ0v) is 16.1. The molecule has 0 saturated carbocycles. The molecule has 148 valence electrons. The molecule has 1 aliphatic heterocycles. The number of carbonyl (C=O) groups is 2. The van der Waals surface area contributed by atoms with Crippen LogP contribution in [0.3, 0.4) is 0 Å². The highest BCUT2D eigenvalue weighted by Gasteiger charge is 2.25. The Morgan fingerprint density at radius 3 is 2.79 bits per heavy atom. The topological polar surface area (TPSA) is 97.6 Å². The van der Waals surface area contributed by atoms with Crippen LogP contribution in [0.1, 0.15) is 36.1 Å². The van der Waals surface area contributed by atoms with E-state index in [1.165, 1.54) is 0 Å². The maximum Gasteiger partial charge on any atom is 0.265 e.